The van der Waals surface area contributed by atoms with Gasteiger partial charge in [0, 0.05) is 52.2 Å². The van der Waals surface area contributed by atoms with Gasteiger partial charge in [0.15, 0.2) is 11.4 Å². The van der Waals surface area contributed by atoms with Crippen LogP contribution in [-0.2, 0) is 47.6 Å². The molecule has 0 bridgehead atoms. The number of aromatic nitrogens is 1. The third-order valence-electron chi connectivity index (χ3n) is 15.0. The molecule has 1 aromatic heterocycles. The first-order valence-corrected chi connectivity index (χ1v) is 27.9. The number of nitrogens with one attached hydrogen (secondary N) is 2. The van der Waals surface area contributed by atoms with Crippen LogP contribution < -0.4 is 10.6 Å². The highest BCUT2D eigenvalue weighted by molar-refractivity contribution is 7.13. The standard InChI is InChI=1S/C57H82N6O12S/c1-37-31-38(2)48(39(3)32-37)49-52(66)57(75-55(49)69)15-13-45(14-16-57)74-30-29-71-24-22-62-19-17-61(18-20-62)21-23-70-25-26-72-27-28-73-35-47(65)60-51(56(6,7)8)54(68)63-34-44(64)33-46(63)53(67)59-40(4)42-9-11-43(12-10-42)50-41(5)58-36-76-50/h9-12,31-32,36,40,44-46,51,64,66H,13-30,33-35H2,1-8H3,(H,59,67)(H,60,65)/t40?,44-,45?,46+,51-,57?/m1/s1. The number of esters is 1. The highest BCUT2D eigenvalue weighted by atomic mass is 32.1. The number of thiazole rings is 1. The van der Waals surface area contributed by atoms with Crippen molar-refractivity contribution in [2.75, 3.05) is 105 Å². The van der Waals surface area contributed by atoms with Gasteiger partial charge in [-0.3, -0.25) is 24.2 Å². The number of likely N-dealkylation sites (tertiary alicyclic amines) is 1. The molecule has 3 aromatic rings. The molecular weight excluding hydrogens is 993 g/mol. The topological polar surface area (TPSA) is 211 Å². The molecule has 2 saturated heterocycles. The Bertz CT molecular complexity index is 2440. The Morgan fingerprint density at radius 2 is 1.42 bits per heavy atom. The molecule has 4 heterocycles. The number of piperazine rings is 1. The van der Waals surface area contributed by atoms with E-state index in [4.69, 9.17) is 28.4 Å². The monoisotopic (exact) mass is 1070 g/mol. The van der Waals surface area contributed by atoms with E-state index in [9.17, 15) is 29.4 Å². The van der Waals surface area contributed by atoms with E-state index in [2.05, 4.69) is 25.4 Å². The quantitative estimate of drug-likeness (QED) is 0.0600. The highest BCUT2D eigenvalue weighted by Crippen LogP contribution is 2.47. The molecule has 4 aliphatic rings. The first-order chi connectivity index (χ1) is 36.3. The molecule has 19 heteroatoms. The summed E-state index contributed by atoms with van der Waals surface area (Å²) < 4.78 is 35.0. The molecule has 418 valence electrons. The molecule has 1 aliphatic carbocycles. The number of hydrogen-bond acceptors (Lipinski definition) is 16. The number of aliphatic hydroxyl groups excluding tert-OH is 2. The lowest BCUT2D eigenvalue weighted by Gasteiger charge is -2.35. The van der Waals surface area contributed by atoms with Crippen LogP contribution >= 0.6 is 11.3 Å². The van der Waals surface area contributed by atoms with Gasteiger partial charge in [-0.25, -0.2) is 9.78 Å². The summed E-state index contributed by atoms with van der Waals surface area (Å²) in [6.45, 7) is 24.1. The summed E-state index contributed by atoms with van der Waals surface area (Å²) in [5.41, 5.74) is 7.17. The summed E-state index contributed by atoms with van der Waals surface area (Å²) in [4.78, 5) is 65.4. The van der Waals surface area contributed by atoms with Crippen LogP contribution in [0.4, 0.5) is 0 Å². The Morgan fingerprint density at radius 1 is 0.842 bits per heavy atom. The number of carbonyl (C=O) groups is 4. The molecule has 3 aliphatic heterocycles. The van der Waals surface area contributed by atoms with Crippen molar-refractivity contribution >= 4 is 40.6 Å². The largest absolute Gasteiger partial charge is 0.507 e. The molecule has 2 aromatic carbocycles. The smallest absolute Gasteiger partial charge is 0.343 e. The number of rotatable bonds is 25. The van der Waals surface area contributed by atoms with Crippen molar-refractivity contribution in [2.24, 2.45) is 5.41 Å². The fraction of sp³-hybridized carbons (Fsp3) is 0.632. The third kappa shape index (κ3) is 15.5. The summed E-state index contributed by atoms with van der Waals surface area (Å²) >= 11 is 1.58. The van der Waals surface area contributed by atoms with E-state index < -0.39 is 47.0 Å². The molecule has 4 N–H and O–H groups in total. The third-order valence-corrected chi connectivity index (χ3v) is 16.0. The maximum absolute atomic E-state index is 14.0. The summed E-state index contributed by atoms with van der Waals surface area (Å²) in [7, 11) is 0. The number of ether oxygens (including phenoxy) is 6. The number of carbonyl (C=O) groups excluding carboxylic acids is 4. The van der Waals surface area contributed by atoms with Crippen molar-refractivity contribution in [2.45, 2.75) is 123 Å². The van der Waals surface area contributed by atoms with E-state index in [0.29, 0.717) is 70.9 Å². The van der Waals surface area contributed by atoms with Gasteiger partial charge in [-0.2, -0.15) is 0 Å². The van der Waals surface area contributed by atoms with Crippen molar-refractivity contribution in [1.29, 1.82) is 0 Å². The second kappa shape index (κ2) is 27.2. The maximum atomic E-state index is 14.0. The second-order valence-corrected chi connectivity index (χ2v) is 22.8. The summed E-state index contributed by atoms with van der Waals surface area (Å²) in [5, 5.41) is 27.8. The number of β-amino-alcohol motifs (C(OH)–C–C–N with tert-alkyl or cyclic N) is 1. The van der Waals surface area contributed by atoms with E-state index in [0.717, 1.165) is 83.2 Å². The van der Waals surface area contributed by atoms with Gasteiger partial charge in [0.05, 0.1) is 87.2 Å². The highest BCUT2D eigenvalue weighted by Gasteiger charge is 2.51. The predicted molar refractivity (Wildman–Crippen MR) is 290 cm³/mol. The van der Waals surface area contributed by atoms with Crippen LogP contribution in [0.5, 0.6) is 0 Å². The van der Waals surface area contributed by atoms with Crippen molar-refractivity contribution < 1.29 is 57.8 Å². The minimum atomic E-state index is -0.969. The molecule has 1 unspecified atom stereocenters. The average Bonchev–Trinajstić information content (AvgIpc) is 4.09. The normalized spacial score (nSPS) is 22.3. The Balaban J connectivity index is 0.688. The van der Waals surface area contributed by atoms with Crippen molar-refractivity contribution in [3.63, 3.8) is 0 Å². The molecule has 0 radical (unpaired) electrons. The molecule has 76 heavy (non-hydrogen) atoms. The fourth-order valence-electron chi connectivity index (χ4n) is 10.8. The van der Waals surface area contributed by atoms with Gasteiger partial charge in [0.1, 0.15) is 24.3 Å². The minimum absolute atomic E-state index is 0.0157. The average molecular weight is 1080 g/mol. The molecule has 7 rings (SSSR count). The first-order valence-electron chi connectivity index (χ1n) is 27.0. The Labute approximate surface area is 452 Å². The van der Waals surface area contributed by atoms with Crippen molar-refractivity contribution in [3.05, 3.63) is 81.2 Å². The van der Waals surface area contributed by atoms with Crippen LogP contribution in [0.1, 0.15) is 99.4 Å². The maximum Gasteiger partial charge on any atom is 0.343 e. The first kappa shape index (κ1) is 58.8. The van der Waals surface area contributed by atoms with Crippen molar-refractivity contribution in [3.8, 4) is 10.4 Å². The Hall–Kier alpha value is -4.83. The van der Waals surface area contributed by atoms with Crippen molar-refractivity contribution in [1.82, 2.24) is 30.3 Å². The Kier molecular flexibility index (Phi) is 21.0. The zero-order valence-corrected chi connectivity index (χ0v) is 46.8. The molecule has 18 nitrogen and oxygen atoms in total. The number of aryl methyl sites for hydroxylation is 4. The van der Waals surface area contributed by atoms with Gasteiger partial charge in [0.25, 0.3) is 0 Å². The van der Waals surface area contributed by atoms with Crippen LogP contribution in [0.3, 0.4) is 0 Å². The van der Waals surface area contributed by atoms with Crippen LogP contribution in [0.25, 0.3) is 16.0 Å². The van der Waals surface area contributed by atoms with Crippen LogP contribution in [-0.4, -0.2) is 189 Å². The lowest BCUT2D eigenvalue weighted by Crippen LogP contribution is -2.58. The fourth-order valence-corrected chi connectivity index (χ4v) is 11.6. The zero-order chi connectivity index (χ0) is 54.6. The summed E-state index contributed by atoms with van der Waals surface area (Å²) in [5.74, 6) is -1.66. The van der Waals surface area contributed by atoms with E-state index in [1.54, 1.807) is 11.3 Å². The number of hydrogen-bond donors (Lipinski definition) is 4. The lowest BCUT2D eigenvalue weighted by molar-refractivity contribution is -0.152. The zero-order valence-electron chi connectivity index (χ0n) is 46.0. The molecule has 1 saturated carbocycles. The van der Waals surface area contributed by atoms with Gasteiger partial charge in [-0.1, -0.05) is 62.7 Å². The predicted octanol–water partition coefficient (Wildman–Crippen LogP) is 5.62. The Morgan fingerprint density at radius 3 is 2.00 bits per heavy atom. The SMILES string of the molecule is Cc1cc(C)c(C2=C(O)C3(CCC(OCCOCCN4CCN(CCOCCOCCOCC(=O)N[C@H](C(=O)N5C[C@H](O)C[C@H]5C(=O)NC(C)c5ccc(-c6scnc6C)cc5)C(C)(C)C)CC4)CC3)OC2=O)c(C)c1. The van der Waals surface area contributed by atoms with Gasteiger partial charge in [-0.15, -0.1) is 11.3 Å². The van der Waals surface area contributed by atoms with Gasteiger partial charge < -0.3 is 54.2 Å². The number of amides is 3. The second-order valence-electron chi connectivity index (χ2n) is 21.9. The molecule has 4 atom stereocenters. The van der Waals surface area contributed by atoms with Gasteiger partial charge in [0.2, 0.25) is 17.7 Å². The van der Waals surface area contributed by atoms with E-state index in [-0.39, 0.29) is 56.6 Å². The molecule has 3 fully saturated rings. The number of benzene rings is 2. The summed E-state index contributed by atoms with van der Waals surface area (Å²) in [6, 6.07) is 9.79. The van der Waals surface area contributed by atoms with E-state index in [1.807, 2.05) is 97.3 Å². The van der Waals surface area contributed by atoms with E-state index >= 15 is 0 Å². The minimum Gasteiger partial charge on any atom is -0.507 e. The number of nitrogens with zero attached hydrogens (tertiary/aromatic N) is 4. The summed E-state index contributed by atoms with van der Waals surface area (Å²) in [6.07, 6.45) is 1.69. The van der Waals surface area contributed by atoms with Gasteiger partial charge in [-0.05, 0) is 93.5 Å². The number of aliphatic hydroxyl groups is 2. The van der Waals surface area contributed by atoms with Crippen LogP contribution in [0.2, 0.25) is 0 Å². The van der Waals surface area contributed by atoms with Crippen LogP contribution in [0, 0.1) is 33.1 Å². The van der Waals surface area contributed by atoms with Gasteiger partial charge >= 0.3 is 5.97 Å². The van der Waals surface area contributed by atoms with E-state index in [1.165, 1.54) is 4.90 Å². The lowest BCUT2D eigenvalue weighted by atomic mass is 9.80. The molecule has 3 amide bonds. The van der Waals surface area contributed by atoms with Crippen LogP contribution in [0.15, 0.2) is 47.7 Å². The molecular formula is C57H82N6O12S. The molecule has 1 spiro atoms.